The maximum atomic E-state index is 12.8. The minimum atomic E-state index is -0.106. The van der Waals surface area contributed by atoms with Gasteiger partial charge in [-0.3, -0.25) is 10.1 Å². The van der Waals surface area contributed by atoms with Gasteiger partial charge >= 0.3 is 0 Å². The van der Waals surface area contributed by atoms with Gasteiger partial charge in [-0.2, -0.15) is 0 Å². The van der Waals surface area contributed by atoms with E-state index in [1.54, 1.807) is 0 Å². The molecule has 1 saturated heterocycles. The molecule has 0 radical (unpaired) electrons. The lowest BCUT2D eigenvalue weighted by Crippen LogP contribution is -2.36. The van der Waals surface area contributed by atoms with Crippen LogP contribution in [0.25, 0.3) is 0 Å². The first kappa shape index (κ1) is 14.9. The molecule has 1 aromatic rings. The molecule has 1 aliphatic heterocycles. The summed E-state index contributed by atoms with van der Waals surface area (Å²) in [5.41, 5.74) is 1.29. The zero-order valence-electron chi connectivity index (χ0n) is 13.1. The van der Waals surface area contributed by atoms with Crippen molar-refractivity contribution in [3.05, 3.63) is 34.9 Å². The van der Waals surface area contributed by atoms with E-state index in [1.807, 2.05) is 24.3 Å². The Morgan fingerprint density at radius 3 is 2.57 bits per heavy atom. The number of carbonyl (C=O) groups is 1. The van der Waals surface area contributed by atoms with Gasteiger partial charge in [0.05, 0.1) is 6.04 Å². The third kappa shape index (κ3) is 2.58. The van der Waals surface area contributed by atoms with Crippen molar-refractivity contribution in [2.45, 2.75) is 52.4 Å². The molecule has 1 N–H and O–H groups in total. The Morgan fingerprint density at radius 2 is 2.05 bits per heavy atom. The molecule has 1 aliphatic carbocycles. The van der Waals surface area contributed by atoms with E-state index < -0.39 is 0 Å². The molecule has 2 aliphatic rings. The largest absolute Gasteiger partial charge is 0.318 e. The van der Waals surface area contributed by atoms with Crippen molar-refractivity contribution in [3.8, 4) is 0 Å². The lowest BCUT2D eigenvalue weighted by Gasteiger charge is -2.26. The number of amides is 1. The maximum Gasteiger partial charge on any atom is 0.241 e. The van der Waals surface area contributed by atoms with Gasteiger partial charge in [0, 0.05) is 11.1 Å². The molecule has 3 unspecified atom stereocenters. The molecule has 1 heterocycles. The fourth-order valence-corrected chi connectivity index (χ4v) is 3.47. The minimum Gasteiger partial charge on any atom is -0.318 e. The van der Waals surface area contributed by atoms with Crippen molar-refractivity contribution in [2.75, 3.05) is 0 Å². The number of hydrogen-bond acceptors (Lipinski definition) is 2. The number of carbonyl (C=O) groups excluding carboxylic acids is 1. The minimum absolute atomic E-state index is 0.0598. The molecule has 0 bridgehead atoms. The summed E-state index contributed by atoms with van der Waals surface area (Å²) in [7, 11) is 0. The summed E-state index contributed by atoms with van der Waals surface area (Å²) in [6.07, 6.45) is 1.01. The highest BCUT2D eigenvalue weighted by Gasteiger charge is 2.56. The maximum absolute atomic E-state index is 12.8. The molecule has 2 fully saturated rings. The summed E-state index contributed by atoms with van der Waals surface area (Å²) in [4.78, 5) is 14.9. The molecule has 0 aromatic heterocycles. The van der Waals surface area contributed by atoms with E-state index in [2.05, 4.69) is 37.9 Å². The first-order valence-corrected chi connectivity index (χ1v) is 8.03. The van der Waals surface area contributed by atoms with E-state index in [1.165, 1.54) is 0 Å². The third-order valence-electron chi connectivity index (χ3n) is 4.76. The number of nitrogens with one attached hydrogen (secondary N) is 1. The smallest absolute Gasteiger partial charge is 0.241 e. The summed E-state index contributed by atoms with van der Waals surface area (Å²) in [5.74, 6) is 0.511. The third-order valence-corrected chi connectivity index (χ3v) is 5.00. The van der Waals surface area contributed by atoms with Crippen LogP contribution in [-0.4, -0.2) is 22.9 Å². The van der Waals surface area contributed by atoms with Crippen molar-refractivity contribution in [1.29, 1.82) is 0 Å². The van der Waals surface area contributed by atoms with Crippen LogP contribution in [0.1, 0.15) is 45.8 Å². The van der Waals surface area contributed by atoms with Crippen LogP contribution in [0.5, 0.6) is 0 Å². The molecule has 0 spiro atoms. The molecule has 1 aromatic carbocycles. The summed E-state index contributed by atoms with van der Waals surface area (Å²) >= 11 is 6.13. The van der Waals surface area contributed by atoms with Crippen molar-refractivity contribution in [1.82, 2.24) is 10.2 Å². The quantitative estimate of drug-likeness (QED) is 0.925. The molecular weight excluding hydrogens is 284 g/mol. The highest BCUT2D eigenvalue weighted by molar-refractivity contribution is 6.30. The number of benzene rings is 1. The lowest BCUT2D eigenvalue weighted by atomic mass is 10.0. The number of halogens is 1. The fourth-order valence-electron chi connectivity index (χ4n) is 3.27. The molecule has 1 saturated carbocycles. The van der Waals surface area contributed by atoms with Gasteiger partial charge in [0.15, 0.2) is 0 Å². The topological polar surface area (TPSA) is 32.3 Å². The Labute approximate surface area is 131 Å². The van der Waals surface area contributed by atoms with Crippen LogP contribution in [-0.2, 0) is 4.79 Å². The normalized spacial score (nSPS) is 31.0. The molecule has 4 heteroatoms. The van der Waals surface area contributed by atoms with Gasteiger partial charge in [0.25, 0.3) is 0 Å². The van der Waals surface area contributed by atoms with Crippen molar-refractivity contribution >= 4 is 17.5 Å². The standard InChI is InChI=1S/C17H23ClN2O/c1-10(2)14-16(21)20(13-9-17(13,3)4)15(19-14)11-6-5-7-12(18)8-11/h5-8,10,13-15,19H,9H2,1-4H3. The van der Waals surface area contributed by atoms with Crippen LogP contribution < -0.4 is 5.32 Å². The zero-order chi connectivity index (χ0) is 15.4. The summed E-state index contributed by atoms with van der Waals surface area (Å²) in [6.45, 7) is 8.63. The molecule has 3 rings (SSSR count). The van der Waals surface area contributed by atoms with E-state index in [0.29, 0.717) is 11.1 Å². The Kier molecular flexibility index (Phi) is 3.53. The predicted octanol–water partition coefficient (Wildman–Crippen LogP) is 3.59. The first-order chi connectivity index (χ1) is 9.81. The molecular formula is C17H23ClN2O. The average molecular weight is 307 g/mol. The van der Waals surface area contributed by atoms with Gasteiger partial charge in [-0.15, -0.1) is 0 Å². The molecule has 3 atom stereocenters. The Bertz CT molecular complexity index is 570. The second-order valence-corrected chi connectivity index (χ2v) is 7.74. The van der Waals surface area contributed by atoms with Gasteiger partial charge in [0.2, 0.25) is 5.91 Å². The number of rotatable bonds is 3. The van der Waals surface area contributed by atoms with Gasteiger partial charge in [-0.1, -0.05) is 51.4 Å². The van der Waals surface area contributed by atoms with E-state index in [0.717, 1.165) is 12.0 Å². The molecule has 1 amide bonds. The number of hydrogen-bond donors (Lipinski definition) is 1. The van der Waals surface area contributed by atoms with Crippen LogP contribution in [0.4, 0.5) is 0 Å². The van der Waals surface area contributed by atoms with Crippen LogP contribution in [0.15, 0.2) is 24.3 Å². The van der Waals surface area contributed by atoms with Crippen LogP contribution in [0.3, 0.4) is 0 Å². The Hall–Kier alpha value is -1.06. The van der Waals surface area contributed by atoms with Crippen molar-refractivity contribution < 1.29 is 4.79 Å². The highest BCUT2D eigenvalue weighted by Crippen LogP contribution is 2.52. The Balaban J connectivity index is 1.95. The van der Waals surface area contributed by atoms with Crippen molar-refractivity contribution in [3.63, 3.8) is 0 Å². The monoisotopic (exact) mass is 306 g/mol. The van der Waals surface area contributed by atoms with Gasteiger partial charge < -0.3 is 4.90 Å². The van der Waals surface area contributed by atoms with Crippen LogP contribution in [0.2, 0.25) is 5.02 Å². The van der Waals surface area contributed by atoms with Crippen LogP contribution >= 0.6 is 11.6 Å². The first-order valence-electron chi connectivity index (χ1n) is 7.65. The average Bonchev–Trinajstić information content (AvgIpc) is 2.87. The lowest BCUT2D eigenvalue weighted by molar-refractivity contribution is -0.131. The Morgan fingerprint density at radius 1 is 1.38 bits per heavy atom. The second kappa shape index (κ2) is 4.99. The highest BCUT2D eigenvalue weighted by atomic mass is 35.5. The van der Waals surface area contributed by atoms with E-state index in [-0.39, 0.29) is 29.4 Å². The second-order valence-electron chi connectivity index (χ2n) is 7.30. The fraction of sp³-hybridized carbons (Fsp3) is 0.588. The van der Waals surface area contributed by atoms with Crippen molar-refractivity contribution in [2.24, 2.45) is 11.3 Å². The van der Waals surface area contributed by atoms with E-state index >= 15 is 0 Å². The predicted molar refractivity (Wildman–Crippen MR) is 85.0 cm³/mol. The molecule has 21 heavy (non-hydrogen) atoms. The van der Waals surface area contributed by atoms with Gasteiger partial charge in [-0.25, -0.2) is 0 Å². The van der Waals surface area contributed by atoms with E-state index in [4.69, 9.17) is 11.6 Å². The molecule has 114 valence electrons. The zero-order valence-corrected chi connectivity index (χ0v) is 13.8. The van der Waals surface area contributed by atoms with Gasteiger partial charge in [0.1, 0.15) is 6.17 Å². The van der Waals surface area contributed by atoms with E-state index in [9.17, 15) is 4.79 Å². The number of nitrogens with zero attached hydrogens (tertiary/aromatic N) is 1. The summed E-state index contributed by atoms with van der Waals surface area (Å²) in [5, 5.41) is 4.22. The molecule has 3 nitrogen and oxygen atoms in total. The summed E-state index contributed by atoms with van der Waals surface area (Å²) < 4.78 is 0. The SMILES string of the molecule is CC(C)C1NC(c2cccc(Cl)c2)N(C2CC2(C)C)C1=O. The van der Waals surface area contributed by atoms with Gasteiger partial charge in [-0.05, 0) is 35.4 Å². The van der Waals surface area contributed by atoms with Crippen LogP contribution in [0, 0.1) is 11.3 Å². The summed E-state index contributed by atoms with van der Waals surface area (Å²) in [6, 6.07) is 8.03.